The highest BCUT2D eigenvalue weighted by Gasteiger charge is 2.41. The summed E-state index contributed by atoms with van der Waals surface area (Å²) in [4.78, 5) is 25.4. The molecule has 1 saturated heterocycles. The van der Waals surface area contributed by atoms with Gasteiger partial charge in [0.25, 0.3) is 5.91 Å². The van der Waals surface area contributed by atoms with Crippen molar-refractivity contribution in [1.29, 1.82) is 0 Å². The third-order valence-corrected chi connectivity index (χ3v) is 3.94. The maximum absolute atomic E-state index is 12.4. The quantitative estimate of drug-likeness (QED) is 0.733. The predicted octanol–water partition coefficient (Wildman–Crippen LogP) is 0.282. The van der Waals surface area contributed by atoms with E-state index in [1.165, 1.54) is 0 Å². The molecule has 0 saturated carbocycles. The number of amides is 2. The molecule has 2 rings (SSSR count). The van der Waals surface area contributed by atoms with Crippen LogP contribution in [-0.4, -0.2) is 40.0 Å². The number of anilines is 1. The third kappa shape index (κ3) is 2.35. The number of nitrogens with two attached hydrogens (primary N) is 2. The van der Waals surface area contributed by atoms with E-state index in [0.29, 0.717) is 25.2 Å². The number of nitrogens with one attached hydrogen (secondary N) is 1. The van der Waals surface area contributed by atoms with Crippen LogP contribution in [0, 0.1) is 5.41 Å². The van der Waals surface area contributed by atoms with Crippen LogP contribution in [0.3, 0.4) is 0 Å². The molecular weight excluding hydrogens is 258 g/mol. The maximum atomic E-state index is 12.4. The van der Waals surface area contributed by atoms with Gasteiger partial charge in [-0.1, -0.05) is 13.3 Å². The topological polar surface area (TPSA) is 118 Å². The van der Waals surface area contributed by atoms with E-state index in [1.54, 1.807) is 11.8 Å². The van der Waals surface area contributed by atoms with E-state index >= 15 is 0 Å². The van der Waals surface area contributed by atoms with Gasteiger partial charge in [-0.3, -0.25) is 14.7 Å². The van der Waals surface area contributed by atoms with Gasteiger partial charge in [-0.05, 0) is 19.8 Å². The molecule has 1 aliphatic rings. The van der Waals surface area contributed by atoms with Crippen LogP contribution in [0.1, 0.15) is 42.9 Å². The largest absolute Gasteiger partial charge is 0.395 e. The van der Waals surface area contributed by atoms with Gasteiger partial charge in [0.15, 0.2) is 5.69 Å². The van der Waals surface area contributed by atoms with E-state index in [2.05, 4.69) is 10.2 Å². The van der Waals surface area contributed by atoms with E-state index in [4.69, 9.17) is 11.5 Å². The van der Waals surface area contributed by atoms with Crippen LogP contribution in [0.15, 0.2) is 0 Å². The molecule has 7 heteroatoms. The number of rotatable bonds is 4. The SMILES string of the molecule is CCCc1[nH]nc(C(=O)N2CCC(C)(C(N)=O)C2)c1N. The Bertz CT molecular complexity index is 539. The average Bonchev–Trinajstić information content (AvgIpc) is 2.96. The Morgan fingerprint density at radius 3 is 2.75 bits per heavy atom. The second kappa shape index (κ2) is 5.15. The average molecular weight is 279 g/mol. The molecular formula is C13H21N5O2. The molecule has 1 aromatic heterocycles. The molecule has 0 spiro atoms. The molecule has 20 heavy (non-hydrogen) atoms. The minimum atomic E-state index is -0.660. The number of primary amides is 1. The highest BCUT2D eigenvalue weighted by Crippen LogP contribution is 2.31. The van der Waals surface area contributed by atoms with Crippen LogP contribution in [0.2, 0.25) is 0 Å². The first-order chi connectivity index (χ1) is 9.39. The van der Waals surface area contributed by atoms with Gasteiger partial charge in [-0.25, -0.2) is 0 Å². The Labute approximate surface area is 117 Å². The van der Waals surface area contributed by atoms with Crippen molar-refractivity contribution < 1.29 is 9.59 Å². The van der Waals surface area contributed by atoms with E-state index in [0.717, 1.165) is 18.5 Å². The number of H-pyrrole nitrogens is 1. The zero-order chi connectivity index (χ0) is 14.9. The van der Waals surface area contributed by atoms with Gasteiger partial charge in [-0.15, -0.1) is 0 Å². The van der Waals surface area contributed by atoms with Crippen LogP contribution in [0.4, 0.5) is 5.69 Å². The van der Waals surface area contributed by atoms with E-state index < -0.39 is 5.41 Å². The molecule has 1 fully saturated rings. The van der Waals surface area contributed by atoms with Crippen molar-refractivity contribution in [3.05, 3.63) is 11.4 Å². The van der Waals surface area contributed by atoms with Crippen LogP contribution in [0.5, 0.6) is 0 Å². The number of nitrogen functional groups attached to an aromatic ring is 1. The van der Waals surface area contributed by atoms with Crippen LogP contribution in [0.25, 0.3) is 0 Å². The maximum Gasteiger partial charge on any atom is 0.276 e. The van der Waals surface area contributed by atoms with Crippen molar-refractivity contribution in [2.75, 3.05) is 18.8 Å². The first kappa shape index (κ1) is 14.4. The van der Waals surface area contributed by atoms with Crippen LogP contribution < -0.4 is 11.5 Å². The summed E-state index contributed by atoms with van der Waals surface area (Å²) in [6, 6.07) is 0. The van der Waals surface area contributed by atoms with Crippen molar-refractivity contribution in [3.63, 3.8) is 0 Å². The van der Waals surface area contributed by atoms with Gasteiger partial charge in [0.1, 0.15) is 0 Å². The molecule has 110 valence electrons. The summed E-state index contributed by atoms with van der Waals surface area (Å²) in [5.41, 5.74) is 12.1. The molecule has 7 nitrogen and oxygen atoms in total. The molecule has 2 amide bonds. The lowest BCUT2D eigenvalue weighted by molar-refractivity contribution is -0.126. The first-order valence-corrected chi connectivity index (χ1v) is 6.81. The molecule has 1 aromatic rings. The van der Waals surface area contributed by atoms with Crippen molar-refractivity contribution in [1.82, 2.24) is 15.1 Å². The summed E-state index contributed by atoms with van der Waals surface area (Å²) in [5, 5.41) is 6.82. The monoisotopic (exact) mass is 279 g/mol. The fraction of sp³-hybridized carbons (Fsp3) is 0.615. The smallest absolute Gasteiger partial charge is 0.276 e. The van der Waals surface area contributed by atoms with Gasteiger partial charge in [0.2, 0.25) is 5.91 Å². The second-order valence-corrected chi connectivity index (χ2v) is 5.62. The number of nitrogens with zero attached hydrogens (tertiary/aromatic N) is 2. The van der Waals surface area contributed by atoms with Crippen molar-refractivity contribution in [2.45, 2.75) is 33.1 Å². The summed E-state index contributed by atoms with van der Waals surface area (Å²) in [6.07, 6.45) is 2.24. The van der Waals surface area contributed by atoms with Crippen molar-refractivity contribution in [3.8, 4) is 0 Å². The molecule has 1 aliphatic heterocycles. The summed E-state index contributed by atoms with van der Waals surface area (Å²) in [6.45, 7) is 4.61. The number of aryl methyl sites for hydroxylation is 1. The summed E-state index contributed by atoms with van der Waals surface area (Å²) < 4.78 is 0. The Morgan fingerprint density at radius 1 is 1.50 bits per heavy atom. The molecule has 0 bridgehead atoms. The Morgan fingerprint density at radius 2 is 2.20 bits per heavy atom. The summed E-state index contributed by atoms with van der Waals surface area (Å²) >= 11 is 0. The van der Waals surface area contributed by atoms with Crippen LogP contribution >= 0.6 is 0 Å². The number of carbonyl (C=O) groups is 2. The van der Waals surface area contributed by atoms with Crippen molar-refractivity contribution in [2.24, 2.45) is 11.1 Å². The van der Waals surface area contributed by atoms with E-state index in [9.17, 15) is 9.59 Å². The Kier molecular flexibility index (Phi) is 3.69. The molecule has 0 radical (unpaired) electrons. The molecule has 2 heterocycles. The number of hydrogen-bond donors (Lipinski definition) is 3. The number of likely N-dealkylation sites (tertiary alicyclic amines) is 1. The second-order valence-electron chi connectivity index (χ2n) is 5.62. The lowest BCUT2D eigenvalue weighted by Gasteiger charge is -2.20. The number of aromatic nitrogens is 2. The van der Waals surface area contributed by atoms with Gasteiger partial charge >= 0.3 is 0 Å². The lowest BCUT2D eigenvalue weighted by Crippen LogP contribution is -2.38. The number of aromatic amines is 1. The van der Waals surface area contributed by atoms with E-state index in [1.807, 2.05) is 6.92 Å². The van der Waals surface area contributed by atoms with Gasteiger partial charge < -0.3 is 16.4 Å². The first-order valence-electron chi connectivity index (χ1n) is 6.81. The predicted molar refractivity (Wildman–Crippen MR) is 74.8 cm³/mol. The molecule has 1 atom stereocenters. The fourth-order valence-corrected chi connectivity index (χ4v) is 2.48. The van der Waals surface area contributed by atoms with E-state index in [-0.39, 0.29) is 17.5 Å². The molecule has 0 aromatic carbocycles. The zero-order valence-corrected chi connectivity index (χ0v) is 11.9. The summed E-state index contributed by atoms with van der Waals surface area (Å²) in [7, 11) is 0. The summed E-state index contributed by atoms with van der Waals surface area (Å²) in [5.74, 6) is -0.624. The van der Waals surface area contributed by atoms with Crippen LogP contribution in [-0.2, 0) is 11.2 Å². The highest BCUT2D eigenvalue weighted by atomic mass is 16.2. The third-order valence-electron chi connectivity index (χ3n) is 3.94. The standard InChI is InChI=1S/C13H21N5O2/c1-3-4-8-9(14)10(17-16-8)11(19)18-6-5-13(2,7-18)12(15)20/h3-7,14H2,1-2H3,(H2,15,20)(H,16,17). The minimum absolute atomic E-state index is 0.238. The lowest BCUT2D eigenvalue weighted by atomic mass is 9.89. The number of carbonyl (C=O) groups excluding carboxylic acids is 2. The van der Waals surface area contributed by atoms with Gasteiger partial charge in [-0.2, -0.15) is 5.10 Å². The fourth-order valence-electron chi connectivity index (χ4n) is 2.48. The number of hydrogen-bond acceptors (Lipinski definition) is 4. The zero-order valence-electron chi connectivity index (χ0n) is 11.9. The highest BCUT2D eigenvalue weighted by molar-refractivity contribution is 5.98. The van der Waals surface area contributed by atoms with Crippen molar-refractivity contribution >= 4 is 17.5 Å². The minimum Gasteiger partial charge on any atom is -0.395 e. The normalized spacial score (nSPS) is 22.2. The Hall–Kier alpha value is -2.05. The molecule has 0 aliphatic carbocycles. The van der Waals surface area contributed by atoms with Gasteiger partial charge in [0, 0.05) is 13.1 Å². The molecule has 1 unspecified atom stereocenters. The van der Waals surface area contributed by atoms with Gasteiger partial charge in [0.05, 0.1) is 16.8 Å². The Balaban J connectivity index is 2.15. The molecule has 5 N–H and O–H groups in total.